The second-order valence-electron chi connectivity index (χ2n) is 8.42. The summed E-state index contributed by atoms with van der Waals surface area (Å²) in [6.45, 7) is 5.66. The summed E-state index contributed by atoms with van der Waals surface area (Å²) >= 11 is 5.80. The SMILES string of the molecule is CC(C)(C)c1ccccc1NC(=O)COC(=O)c1ccc(Oc2ccc(Cl)cc2[N+](=O)[O-])cc1. The molecule has 0 fully saturated rings. The van der Waals surface area contributed by atoms with Crippen LogP contribution in [0.5, 0.6) is 11.5 Å². The fourth-order valence-corrected chi connectivity index (χ4v) is 3.32. The smallest absolute Gasteiger partial charge is 0.338 e. The molecule has 1 amide bonds. The fourth-order valence-electron chi connectivity index (χ4n) is 3.15. The van der Waals surface area contributed by atoms with Crippen LogP contribution in [0.2, 0.25) is 5.02 Å². The minimum Gasteiger partial charge on any atom is -0.452 e. The number of nitrogens with zero attached hydrogens (tertiary/aromatic N) is 1. The Morgan fingerprint density at radius 3 is 2.35 bits per heavy atom. The molecule has 3 aromatic carbocycles. The number of nitrogens with one attached hydrogen (secondary N) is 1. The predicted octanol–water partition coefficient (Wildman–Crippen LogP) is 6.13. The van der Waals surface area contributed by atoms with Crippen LogP contribution in [0.1, 0.15) is 36.7 Å². The first kappa shape index (κ1) is 24.7. The molecule has 0 aliphatic heterocycles. The Labute approximate surface area is 201 Å². The van der Waals surface area contributed by atoms with Crippen LogP contribution in [0, 0.1) is 10.1 Å². The van der Waals surface area contributed by atoms with Crippen molar-refractivity contribution in [1.29, 1.82) is 0 Å². The van der Waals surface area contributed by atoms with Gasteiger partial charge in [-0.1, -0.05) is 50.6 Å². The molecule has 0 bridgehead atoms. The first-order chi connectivity index (χ1) is 16.0. The molecule has 0 saturated heterocycles. The highest BCUT2D eigenvalue weighted by Crippen LogP contribution is 2.33. The molecule has 3 rings (SSSR count). The van der Waals surface area contributed by atoms with E-state index < -0.39 is 23.4 Å². The molecule has 0 heterocycles. The van der Waals surface area contributed by atoms with E-state index in [0.29, 0.717) is 5.69 Å². The lowest BCUT2D eigenvalue weighted by Crippen LogP contribution is -2.23. The van der Waals surface area contributed by atoms with Gasteiger partial charge in [0, 0.05) is 16.8 Å². The monoisotopic (exact) mass is 482 g/mol. The number of hydrogen-bond donors (Lipinski definition) is 1. The lowest BCUT2D eigenvalue weighted by atomic mass is 9.86. The minimum absolute atomic E-state index is 0.0111. The van der Waals surface area contributed by atoms with Gasteiger partial charge in [0.15, 0.2) is 6.61 Å². The number of rotatable bonds is 7. The second kappa shape index (κ2) is 10.4. The number of ether oxygens (including phenoxy) is 2. The van der Waals surface area contributed by atoms with Crippen molar-refractivity contribution < 1.29 is 24.0 Å². The van der Waals surface area contributed by atoms with E-state index in [-0.39, 0.29) is 33.2 Å². The molecule has 0 unspecified atom stereocenters. The van der Waals surface area contributed by atoms with Gasteiger partial charge < -0.3 is 14.8 Å². The van der Waals surface area contributed by atoms with Crippen LogP contribution < -0.4 is 10.1 Å². The molecule has 3 aromatic rings. The zero-order valence-electron chi connectivity index (χ0n) is 18.8. The number of amides is 1. The van der Waals surface area contributed by atoms with E-state index in [1.54, 1.807) is 6.07 Å². The van der Waals surface area contributed by atoms with Gasteiger partial charge in [0.1, 0.15) is 5.75 Å². The van der Waals surface area contributed by atoms with Crippen LogP contribution >= 0.6 is 11.6 Å². The number of benzene rings is 3. The molecular weight excluding hydrogens is 460 g/mol. The second-order valence-corrected chi connectivity index (χ2v) is 8.85. The summed E-state index contributed by atoms with van der Waals surface area (Å²) in [6, 6.07) is 17.3. The molecule has 0 aromatic heterocycles. The summed E-state index contributed by atoms with van der Waals surface area (Å²) in [5, 5.41) is 14.2. The van der Waals surface area contributed by atoms with Crippen molar-refractivity contribution in [1.82, 2.24) is 0 Å². The number of esters is 1. The fraction of sp³-hybridized carbons (Fsp3) is 0.200. The normalized spacial score (nSPS) is 10.9. The van der Waals surface area contributed by atoms with Crippen molar-refractivity contribution in [3.63, 3.8) is 0 Å². The maximum Gasteiger partial charge on any atom is 0.338 e. The highest BCUT2D eigenvalue weighted by Gasteiger charge is 2.20. The van der Waals surface area contributed by atoms with Crippen LogP contribution in [0.25, 0.3) is 0 Å². The summed E-state index contributed by atoms with van der Waals surface area (Å²) in [5.41, 5.74) is 1.37. The lowest BCUT2D eigenvalue weighted by Gasteiger charge is -2.22. The topological polar surface area (TPSA) is 108 Å². The standard InChI is InChI=1S/C25H23ClN2O6/c1-25(2,3)19-6-4-5-7-20(19)27-23(29)15-33-24(30)16-8-11-18(12-9-16)34-22-13-10-17(26)14-21(22)28(31)32/h4-14H,15H2,1-3H3,(H,27,29). The quantitative estimate of drug-likeness (QED) is 0.246. The summed E-state index contributed by atoms with van der Waals surface area (Å²) in [6.07, 6.45) is 0. The molecule has 1 N–H and O–H groups in total. The van der Waals surface area contributed by atoms with Gasteiger partial charge in [-0.15, -0.1) is 0 Å². The molecule has 0 spiro atoms. The maximum atomic E-state index is 12.3. The van der Waals surface area contributed by atoms with Crippen LogP contribution in [0.4, 0.5) is 11.4 Å². The van der Waals surface area contributed by atoms with E-state index >= 15 is 0 Å². The number of halogens is 1. The largest absolute Gasteiger partial charge is 0.452 e. The van der Waals surface area contributed by atoms with E-state index in [1.807, 2.05) is 39.0 Å². The Morgan fingerprint density at radius 1 is 1.03 bits per heavy atom. The number of para-hydroxylation sites is 1. The highest BCUT2D eigenvalue weighted by molar-refractivity contribution is 6.30. The minimum atomic E-state index is -0.691. The van der Waals surface area contributed by atoms with Crippen LogP contribution in [-0.4, -0.2) is 23.4 Å². The van der Waals surface area contributed by atoms with E-state index in [2.05, 4.69) is 5.32 Å². The maximum absolute atomic E-state index is 12.3. The first-order valence-corrected chi connectivity index (χ1v) is 10.7. The Kier molecular flexibility index (Phi) is 7.53. The van der Waals surface area contributed by atoms with E-state index in [1.165, 1.54) is 42.5 Å². The average Bonchev–Trinajstić information content (AvgIpc) is 2.78. The van der Waals surface area contributed by atoms with Gasteiger partial charge in [0.25, 0.3) is 5.91 Å². The molecule has 0 aliphatic rings. The van der Waals surface area contributed by atoms with Gasteiger partial charge in [0.05, 0.1) is 10.5 Å². The Hall–Kier alpha value is -3.91. The van der Waals surface area contributed by atoms with Crippen molar-refractivity contribution in [2.45, 2.75) is 26.2 Å². The highest BCUT2D eigenvalue weighted by atomic mass is 35.5. The molecule has 8 nitrogen and oxygen atoms in total. The number of nitro groups is 1. The van der Waals surface area contributed by atoms with Crippen molar-refractivity contribution >= 4 is 34.9 Å². The lowest BCUT2D eigenvalue weighted by molar-refractivity contribution is -0.385. The third-order valence-electron chi connectivity index (χ3n) is 4.78. The number of nitro benzene ring substituents is 1. The molecule has 9 heteroatoms. The van der Waals surface area contributed by atoms with Gasteiger partial charge in [-0.2, -0.15) is 0 Å². The zero-order valence-corrected chi connectivity index (χ0v) is 19.6. The Balaban J connectivity index is 1.60. The van der Waals surface area contributed by atoms with Crippen molar-refractivity contribution in [2.24, 2.45) is 0 Å². The van der Waals surface area contributed by atoms with E-state index in [0.717, 1.165) is 5.56 Å². The van der Waals surface area contributed by atoms with Gasteiger partial charge >= 0.3 is 11.7 Å². The van der Waals surface area contributed by atoms with Gasteiger partial charge in [-0.05, 0) is 53.4 Å². The van der Waals surface area contributed by atoms with Crippen molar-refractivity contribution in [3.05, 3.63) is 93.0 Å². The summed E-state index contributed by atoms with van der Waals surface area (Å²) in [5.74, 6) is -0.862. The van der Waals surface area contributed by atoms with Crippen LogP contribution in [-0.2, 0) is 14.9 Å². The number of hydrogen-bond acceptors (Lipinski definition) is 6. The summed E-state index contributed by atoms with van der Waals surface area (Å²) in [4.78, 5) is 35.2. The van der Waals surface area contributed by atoms with Crippen LogP contribution in [0.3, 0.4) is 0 Å². The third kappa shape index (κ3) is 6.32. The Morgan fingerprint density at radius 2 is 1.71 bits per heavy atom. The third-order valence-corrected chi connectivity index (χ3v) is 5.01. The van der Waals surface area contributed by atoms with Crippen molar-refractivity contribution in [2.75, 3.05) is 11.9 Å². The van der Waals surface area contributed by atoms with Gasteiger partial charge in [-0.25, -0.2) is 4.79 Å². The molecule has 34 heavy (non-hydrogen) atoms. The molecule has 0 aliphatic carbocycles. The molecule has 176 valence electrons. The molecule has 0 saturated carbocycles. The van der Waals surface area contributed by atoms with Crippen LogP contribution in [0.15, 0.2) is 66.7 Å². The number of anilines is 1. The predicted molar refractivity (Wildman–Crippen MR) is 129 cm³/mol. The molecular formula is C25H23ClN2O6. The molecule has 0 radical (unpaired) electrons. The number of carbonyl (C=O) groups is 2. The van der Waals surface area contributed by atoms with Crippen molar-refractivity contribution in [3.8, 4) is 11.5 Å². The number of carbonyl (C=O) groups excluding carboxylic acids is 2. The Bertz CT molecular complexity index is 1220. The average molecular weight is 483 g/mol. The summed E-state index contributed by atoms with van der Waals surface area (Å²) < 4.78 is 10.7. The first-order valence-electron chi connectivity index (χ1n) is 10.3. The molecule has 0 atom stereocenters. The van der Waals surface area contributed by atoms with Gasteiger partial charge in [-0.3, -0.25) is 14.9 Å². The van der Waals surface area contributed by atoms with Gasteiger partial charge in [0.2, 0.25) is 5.75 Å². The van der Waals surface area contributed by atoms with E-state index in [4.69, 9.17) is 21.1 Å². The van der Waals surface area contributed by atoms with E-state index in [9.17, 15) is 19.7 Å². The summed E-state index contributed by atoms with van der Waals surface area (Å²) in [7, 11) is 0. The zero-order chi connectivity index (χ0) is 24.9.